The summed E-state index contributed by atoms with van der Waals surface area (Å²) in [5.74, 6) is -0.171. The van der Waals surface area contributed by atoms with Crippen LogP contribution in [0.1, 0.15) is 17.7 Å². The van der Waals surface area contributed by atoms with Crippen LogP contribution in [0.3, 0.4) is 0 Å². The highest BCUT2D eigenvalue weighted by Gasteiger charge is 2.10. The van der Waals surface area contributed by atoms with Gasteiger partial charge in [-0.25, -0.2) is 0 Å². The van der Waals surface area contributed by atoms with E-state index in [1.807, 2.05) is 42.5 Å². The molecule has 0 atom stereocenters. The minimum absolute atomic E-state index is 0.171. The first-order valence-corrected chi connectivity index (χ1v) is 8.42. The fourth-order valence-corrected chi connectivity index (χ4v) is 3.08. The van der Waals surface area contributed by atoms with Crippen LogP contribution in [-0.4, -0.2) is 23.9 Å². The molecule has 1 heterocycles. The van der Waals surface area contributed by atoms with Crippen LogP contribution in [0.4, 0.5) is 0 Å². The van der Waals surface area contributed by atoms with E-state index in [1.165, 1.54) is 11.0 Å². The van der Waals surface area contributed by atoms with E-state index in [4.69, 9.17) is 10.5 Å². The fraction of sp³-hybridized carbons (Fsp3) is 0.211. The number of hydrogen-bond donors (Lipinski definition) is 0. The molecule has 1 aromatic heterocycles. The van der Waals surface area contributed by atoms with Gasteiger partial charge in [0.1, 0.15) is 0 Å². The second-order valence-electron chi connectivity index (χ2n) is 5.04. The quantitative estimate of drug-likeness (QED) is 0.716. The molecular weight excluding hydrogens is 318 g/mol. The maximum atomic E-state index is 12.2. The van der Waals surface area contributed by atoms with Gasteiger partial charge in [0.15, 0.2) is 0 Å². The summed E-state index contributed by atoms with van der Waals surface area (Å²) in [6.07, 6.45) is 3.82. The molecule has 2 rings (SSSR count). The average Bonchev–Trinajstić information content (AvgIpc) is 3.09. The molecule has 0 aliphatic heterocycles. The highest BCUT2D eigenvalue weighted by atomic mass is 32.1. The molecule has 0 unspecified atom stereocenters. The van der Waals surface area contributed by atoms with Crippen molar-refractivity contribution in [2.24, 2.45) is 0 Å². The second kappa shape index (κ2) is 9.29. The monoisotopic (exact) mass is 335 g/mol. The third-order valence-corrected chi connectivity index (χ3v) is 4.47. The Labute approximate surface area is 145 Å². The Morgan fingerprint density at radius 1 is 1.04 bits per heavy atom. The second-order valence-corrected chi connectivity index (χ2v) is 6.16. The van der Waals surface area contributed by atoms with Crippen LogP contribution in [0, 0.1) is 22.7 Å². The van der Waals surface area contributed by atoms with E-state index in [2.05, 4.69) is 12.1 Å². The Balaban J connectivity index is 2.03. The van der Waals surface area contributed by atoms with Gasteiger partial charge in [0, 0.05) is 28.9 Å². The largest absolute Gasteiger partial charge is 0.337 e. The summed E-state index contributed by atoms with van der Waals surface area (Å²) in [6, 6.07) is 18.1. The first kappa shape index (κ1) is 17.5. The zero-order valence-corrected chi connectivity index (χ0v) is 14.0. The number of nitriles is 2. The van der Waals surface area contributed by atoms with Gasteiger partial charge in [-0.2, -0.15) is 10.5 Å². The maximum absolute atomic E-state index is 12.2. The Bertz CT molecular complexity index is 763. The van der Waals surface area contributed by atoms with Crippen LogP contribution in [0.25, 0.3) is 16.5 Å². The van der Waals surface area contributed by atoms with Crippen LogP contribution in [0.15, 0.2) is 48.5 Å². The SMILES string of the molecule is N#CCCN(CCC#N)C(=O)/C=C/c1ccc(-c2ccccc2)s1. The normalized spacial score (nSPS) is 10.2. The van der Waals surface area contributed by atoms with Crippen LogP contribution >= 0.6 is 11.3 Å². The van der Waals surface area contributed by atoms with E-state index in [9.17, 15) is 4.79 Å². The van der Waals surface area contributed by atoms with Crippen molar-refractivity contribution in [3.05, 3.63) is 53.4 Å². The van der Waals surface area contributed by atoms with Crippen molar-refractivity contribution in [1.29, 1.82) is 10.5 Å². The van der Waals surface area contributed by atoms with Crippen LogP contribution in [-0.2, 0) is 4.79 Å². The van der Waals surface area contributed by atoms with E-state index >= 15 is 0 Å². The first-order chi connectivity index (χ1) is 11.7. The van der Waals surface area contributed by atoms with Crippen molar-refractivity contribution in [3.63, 3.8) is 0 Å². The van der Waals surface area contributed by atoms with Crippen molar-refractivity contribution < 1.29 is 4.79 Å². The van der Waals surface area contributed by atoms with Crippen LogP contribution in [0.2, 0.25) is 0 Å². The highest BCUT2D eigenvalue weighted by Crippen LogP contribution is 2.28. The topological polar surface area (TPSA) is 67.9 Å². The van der Waals surface area contributed by atoms with Crippen LogP contribution in [0.5, 0.6) is 0 Å². The van der Waals surface area contributed by atoms with E-state index in [-0.39, 0.29) is 18.7 Å². The molecule has 0 aliphatic carbocycles. The molecule has 0 N–H and O–H groups in total. The molecule has 0 saturated heterocycles. The molecule has 0 spiro atoms. The zero-order chi connectivity index (χ0) is 17.2. The lowest BCUT2D eigenvalue weighted by Gasteiger charge is -2.18. The molecule has 0 saturated carbocycles. The van der Waals surface area contributed by atoms with Crippen molar-refractivity contribution in [3.8, 4) is 22.6 Å². The minimum Gasteiger partial charge on any atom is -0.337 e. The third kappa shape index (κ3) is 5.08. The molecule has 1 aromatic carbocycles. The van der Waals surface area contributed by atoms with E-state index in [0.29, 0.717) is 13.1 Å². The summed E-state index contributed by atoms with van der Waals surface area (Å²) in [5.41, 5.74) is 1.15. The predicted molar refractivity (Wildman–Crippen MR) is 95.8 cm³/mol. The smallest absolute Gasteiger partial charge is 0.246 e. The summed E-state index contributed by atoms with van der Waals surface area (Å²) < 4.78 is 0. The molecule has 24 heavy (non-hydrogen) atoms. The van der Waals surface area contributed by atoms with Crippen molar-refractivity contribution >= 4 is 23.3 Å². The molecular formula is C19H17N3OS. The lowest BCUT2D eigenvalue weighted by atomic mass is 10.2. The number of hydrogen-bond acceptors (Lipinski definition) is 4. The number of carbonyl (C=O) groups is 1. The minimum atomic E-state index is -0.171. The highest BCUT2D eigenvalue weighted by molar-refractivity contribution is 7.16. The zero-order valence-electron chi connectivity index (χ0n) is 13.2. The molecule has 4 nitrogen and oxygen atoms in total. The average molecular weight is 335 g/mol. The van der Waals surface area contributed by atoms with E-state index in [1.54, 1.807) is 17.4 Å². The maximum Gasteiger partial charge on any atom is 0.246 e. The van der Waals surface area contributed by atoms with Crippen molar-refractivity contribution in [2.75, 3.05) is 13.1 Å². The first-order valence-electron chi connectivity index (χ1n) is 7.60. The van der Waals surface area contributed by atoms with Crippen molar-refractivity contribution in [1.82, 2.24) is 4.90 Å². The summed E-state index contributed by atoms with van der Waals surface area (Å²) >= 11 is 1.61. The summed E-state index contributed by atoms with van der Waals surface area (Å²) in [4.78, 5) is 15.9. The molecule has 0 bridgehead atoms. The van der Waals surface area contributed by atoms with Gasteiger partial charge in [0.05, 0.1) is 25.0 Å². The molecule has 120 valence electrons. The Morgan fingerprint density at radius 2 is 1.71 bits per heavy atom. The lowest BCUT2D eigenvalue weighted by Crippen LogP contribution is -2.31. The van der Waals surface area contributed by atoms with Crippen molar-refractivity contribution in [2.45, 2.75) is 12.8 Å². The number of rotatable bonds is 7. The van der Waals surface area contributed by atoms with Gasteiger partial charge < -0.3 is 4.90 Å². The van der Waals surface area contributed by atoms with Gasteiger partial charge in [-0.3, -0.25) is 4.79 Å². The lowest BCUT2D eigenvalue weighted by molar-refractivity contribution is -0.125. The molecule has 0 aliphatic rings. The summed E-state index contributed by atoms with van der Waals surface area (Å²) in [5, 5.41) is 17.3. The Morgan fingerprint density at radius 3 is 2.33 bits per heavy atom. The molecule has 0 radical (unpaired) electrons. The van der Waals surface area contributed by atoms with Gasteiger partial charge in [-0.05, 0) is 23.8 Å². The molecule has 0 fully saturated rings. The number of nitrogens with zero attached hydrogens (tertiary/aromatic N) is 3. The number of carbonyl (C=O) groups excluding carboxylic acids is 1. The molecule has 5 heteroatoms. The van der Waals surface area contributed by atoms with Gasteiger partial charge in [-0.15, -0.1) is 11.3 Å². The number of thiophene rings is 1. The molecule has 2 aromatic rings. The fourth-order valence-electron chi connectivity index (χ4n) is 2.16. The standard InChI is InChI=1S/C19H17N3OS/c20-12-4-14-22(15-5-13-21)19(23)11-9-17-8-10-18(24-17)16-6-2-1-3-7-16/h1-3,6-11H,4-5,14-15H2/b11-9+. The summed E-state index contributed by atoms with van der Waals surface area (Å²) in [7, 11) is 0. The number of amides is 1. The Hall–Kier alpha value is -2.89. The van der Waals surface area contributed by atoms with Gasteiger partial charge in [0.2, 0.25) is 5.91 Å². The van der Waals surface area contributed by atoms with Gasteiger partial charge in [-0.1, -0.05) is 30.3 Å². The van der Waals surface area contributed by atoms with E-state index in [0.717, 1.165) is 15.3 Å². The third-order valence-electron chi connectivity index (χ3n) is 3.37. The number of benzene rings is 1. The predicted octanol–water partition coefficient (Wildman–Crippen LogP) is 4.08. The Kier molecular flexibility index (Phi) is 6.76. The summed E-state index contributed by atoms with van der Waals surface area (Å²) in [6.45, 7) is 0.697. The van der Waals surface area contributed by atoms with E-state index < -0.39 is 0 Å². The van der Waals surface area contributed by atoms with Gasteiger partial charge in [0.25, 0.3) is 0 Å². The molecule has 1 amide bonds. The van der Waals surface area contributed by atoms with Crippen LogP contribution < -0.4 is 0 Å². The van der Waals surface area contributed by atoms with Gasteiger partial charge >= 0.3 is 0 Å².